The minimum atomic E-state index is -0.188. The number of nitrogens with zero attached hydrogens (tertiary/aromatic N) is 2. The Morgan fingerprint density at radius 1 is 1.30 bits per heavy atom. The van der Waals surface area contributed by atoms with E-state index in [1.54, 1.807) is 12.3 Å². The van der Waals surface area contributed by atoms with Crippen LogP contribution in [0.25, 0.3) is 0 Å². The molecule has 0 radical (unpaired) electrons. The number of benzene rings is 1. The zero-order valence-corrected chi connectivity index (χ0v) is 12.6. The fraction of sp³-hybridized carbons (Fsp3) is 0.438. The average molecular weight is 275 g/mol. The number of rotatable bonds is 4. The van der Waals surface area contributed by atoms with Crippen LogP contribution in [0.5, 0.6) is 0 Å². The number of imidazole rings is 1. The van der Waals surface area contributed by atoms with Gasteiger partial charge < -0.3 is 9.88 Å². The molecule has 1 aromatic heterocycles. The highest BCUT2D eigenvalue weighted by Gasteiger charge is 2.11. The number of hydrogen-bond acceptors (Lipinski definition) is 2. The lowest BCUT2D eigenvalue weighted by Crippen LogP contribution is -2.36. The van der Waals surface area contributed by atoms with Gasteiger partial charge in [-0.25, -0.2) is 9.37 Å². The molecule has 20 heavy (non-hydrogen) atoms. The van der Waals surface area contributed by atoms with Crippen LogP contribution < -0.4 is 5.32 Å². The van der Waals surface area contributed by atoms with Crippen LogP contribution >= 0.6 is 0 Å². The molecule has 1 N–H and O–H groups in total. The molecule has 0 atom stereocenters. The molecule has 4 heteroatoms. The number of aromatic nitrogens is 2. The summed E-state index contributed by atoms with van der Waals surface area (Å²) in [4.78, 5) is 4.39. The molecule has 0 saturated carbocycles. The van der Waals surface area contributed by atoms with Crippen LogP contribution in [0.4, 0.5) is 4.39 Å². The third-order valence-corrected chi connectivity index (χ3v) is 3.22. The van der Waals surface area contributed by atoms with Gasteiger partial charge in [0.2, 0.25) is 0 Å². The van der Waals surface area contributed by atoms with Gasteiger partial charge in [-0.3, -0.25) is 0 Å². The van der Waals surface area contributed by atoms with Gasteiger partial charge in [-0.15, -0.1) is 0 Å². The van der Waals surface area contributed by atoms with Crippen LogP contribution in [0.2, 0.25) is 0 Å². The topological polar surface area (TPSA) is 29.9 Å². The summed E-state index contributed by atoms with van der Waals surface area (Å²) in [7, 11) is 0. The van der Waals surface area contributed by atoms with Crippen LogP contribution in [0, 0.1) is 12.7 Å². The molecule has 0 aliphatic carbocycles. The quantitative estimate of drug-likeness (QED) is 0.928. The van der Waals surface area contributed by atoms with Crippen molar-refractivity contribution in [3.63, 3.8) is 0 Å². The third kappa shape index (κ3) is 3.90. The Balaban J connectivity index is 2.12. The zero-order valence-electron chi connectivity index (χ0n) is 12.6. The molecule has 0 aliphatic rings. The van der Waals surface area contributed by atoms with Crippen LogP contribution in [-0.4, -0.2) is 15.1 Å². The van der Waals surface area contributed by atoms with Crippen molar-refractivity contribution in [3.05, 3.63) is 53.4 Å². The van der Waals surface area contributed by atoms with Gasteiger partial charge in [0.1, 0.15) is 11.6 Å². The molecule has 3 nitrogen and oxygen atoms in total. The van der Waals surface area contributed by atoms with E-state index in [1.165, 1.54) is 6.07 Å². The summed E-state index contributed by atoms with van der Waals surface area (Å²) >= 11 is 0. The lowest BCUT2D eigenvalue weighted by atomic mass is 10.1. The van der Waals surface area contributed by atoms with Gasteiger partial charge in [0.25, 0.3) is 0 Å². The zero-order chi connectivity index (χ0) is 14.8. The highest BCUT2D eigenvalue weighted by Crippen LogP contribution is 2.13. The summed E-state index contributed by atoms with van der Waals surface area (Å²) < 4.78 is 15.2. The van der Waals surface area contributed by atoms with Crippen molar-refractivity contribution in [1.82, 2.24) is 14.9 Å². The first-order chi connectivity index (χ1) is 9.35. The molecule has 0 saturated heterocycles. The van der Waals surface area contributed by atoms with Gasteiger partial charge >= 0.3 is 0 Å². The molecular formula is C16H22FN3. The minimum absolute atomic E-state index is 0.0581. The van der Waals surface area contributed by atoms with Crippen LogP contribution in [0.3, 0.4) is 0 Å². The van der Waals surface area contributed by atoms with Crippen LogP contribution in [0.15, 0.2) is 30.6 Å². The molecule has 0 unspecified atom stereocenters. The monoisotopic (exact) mass is 275 g/mol. The molecule has 0 aliphatic heterocycles. The van der Waals surface area contributed by atoms with Crippen molar-refractivity contribution < 1.29 is 4.39 Å². The summed E-state index contributed by atoms with van der Waals surface area (Å²) in [6, 6.07) is 4.91. The van der Waals surface area contributed by atoms with E-state index < -0.39 is 0 Å². The Labute approximate surface area is 119 Å². The maximum atomic E-state index is 13.1. The Hall–Kier alpha value is -1.68. The van der Waals surface area contributed by atoms with Gasteiger partial charge in [-0.1, -0.05) is 6.07 Å². The summed E-state index contributed by atoms with van der Waals surface area (Å²) in [5.74, 6) is 0.801. The van der Waals surface area contributed by atoms with Crippen LogP contribution in [0.1, 0.15) is 37.7 Å². The largest absolute Gasteiger partial charge is 0.329 e. The summed E-state index contributed by atoms with van der Waals surface area (Å²) in [5, 5.41) is 3.43. The molecule has 1 aromatic carbocycles. The lowest BCUT2D eigenvalue weighted by molar-refractivity contribution is 0.413. The first-order valence-electron chi connectivity index (χ1n) is 6.85. The molecule has 0 bridgehead atoms. The predicted molar refractivity (Wildman–Crippen MR) is 79.1 cm³/mol. The van der Waals surface area contributed by atoms with E-state index in [9.17, 15) is 4.39 Å². The van der Waals surface area contributed by atoms with E-state index in [1.807, 2.05) is 19.2 Å². The van der Waals surface area contributed by atoms with Crippen molar-refractivity contribution in [2.24, 2.45) is 0 Å². The van der Waals surface area contributed by atoms with E-state index in [0.717, 1.165) is 23.5 Å². The average Bonchev–Trinajstić information content (AvgIpc) is 2.77. The van der Waals surface area contributed by atoms with Crippen molar-refractivity contribution in [3.8, 4) is 0 Å². The number of aryl methyl sites for hydroxylation is 1. The smallest absolute Gasteiger partial charge is 0.123 e. The van der Waals surface area contributed by atoms with Crippen LogP contribution in [-0.2, 0) is 13.1 Å². The van der Waals surface area contributed by atoms with Crippen molar-refractivity contribution in [2.75, 3.05) is 0 Å². The van der Waals surface area contributed by atoms with Crippen molar-refractivity contribution in [2.45, 2.75) is 46.3 Å². The normalized spacial score (nSPS) is 11.8. The van der Waals surface area contributed by atoms with Gasteiger partial charge in [-0.2, -0.15) is 0 Å². The van der Waals surface area contributed by atoms with E-state index >= 15 is 0 Å². The highest BCUT2D eigenvalue weighted by atomic mass is 19.1. The number of halogens is 1. The van der Waals surface area contributed by atoms with E-state index in [4.69, 9.17) is 0 Å². The second-order valence-electron chi connectivity index (χ2n) is 6.15. The lowest BCUT2D eigenvalue weighted by Gasteiger charge is -2.20. The highest BCUT2D eigenvalue weighted by molar-refractivity contribution is 5.27. The molecule has 2 aromatic rings. The second kappa shape index (κ2) is 5.75. The maximum absolute atomic E-state index is 13.1. The Morgan fingerprint density at radius 2 is 2.05 bits per heavy atom. The van der Waals surface area contributed by atoms with Gasteiger partial charge in [0.15, 0.2) is 0 Å². The molecule has 1 heterocycles. The van der Waals surface area contributed by atoms with E-state index in [2.05, 4.69) is 35.6 Å². The summed E-state index contributed by atoms with van der Waals surface area (Å²) in [5.41, 5.74) is 2.14. The van der Waals surface area contributed by atoms with Gasteiger partial charge in [0.05, 0.1) is 6.54 Å². The van der Waals surface area contributed by atoms with Gasteiger partial charge in [0, 0.05) is 24.5 Å². The SMILES string of the molecule is Cc1cc(F)ccc1Cn1ccnc1CNC(C)(C)C. The van der Waals surface area contributed by atoms with E-state index in [-0.39, 0.29) is 11.4 Å². The predicted octanol–water partition coefficient (Wildman–Crippen LogP) is 3.27. The molecular weight excluding hydrogens is 253 g/mol. The molecule has 0 spiro atoms. The fourth-order valence-corrected chi connectivity index (χ4v) is 2.02. The van der Waals surface area contributed by atoms with Crippen molar-refractivity contribution >= 4 is 0 Å². The summed E-state index contributed by atoms with van der Waals surface area (Å²) in [6.07, 6.45) is 3.76. The molecule has 2 rings (SSSR count). The number of hydrogen-bond donors (Lipinski definition) is 1. The molecule has 0 fully saturated rings. The standard InChI is InChI=1S/C16H22FN3/c1-12-9-14(17)6-5-13(12)11-20-8-7-18-15(20)10-19-16(2,3)4/h5-9,19H,10-11H2,1-4H3. The number of nitrogens with one attached hydrogen (secondary N) is 1. The third-order valence-electron chi connectivity index (χ3n) is 3.22. The minimum Gasteiger partial charge on any atom is -0.329 e. The first kappa shape index (κ1) is 14.7. The second-order valence-corrected chi connectivity index (χ2v) is 6.15. The Morgan fingerprint density at radius 3 is 2.70 bits per heavy atom. The first-order valence-corrected chi connectivity index (χ1v) is 6.85. The van der Waals surface area contributed by atoms with Gasteiger partial charge in [-0.05, 0) is 51.0 Å². The maximum Gasteiger partial charge on any atom is 0.123 e. The van der Waals surface area contributed by atoms with E-state index in [0.29, 0.717) is 6.54 Å². The van der Waals surface area contributed by atoms with Crippen molar-refractivity contribution in [1.29, 1.82) is 0 Å². The summed E-state index contributed by atoms with van der Waals surface area (Å²) in [6.45, 7) is 9.76. The molecule has 0 amide bonds. The Bertz CT molecular complexity index is 582. The molecule has 108 valence electrons. The fourth-order valence-electron chi connectivity index (χ4n) is 2.02. The Kier molecular flexibility index (Phi) is 4.23.